The number of carbonyl (C=O) groups is 1. The highest BCUT2D eigenvalue weighted by molar-refractivity contribution is 6.07. The van der Waals surface area contributed by atoms with E-state index < -0.39 is 0 Å². The molecule has 3 aromatic rings. The van der Waals surface area contributed by atoms with Crippen molar-refractivity contribution in [3.63, 3.8) is 0 Å². The molecule has 0 amide bonds. The summed E-state index contributed by atoms with van der Waals surface area (Å²) >= 11 is 0. The van der Waals surface area contributed by atoms with E-state index in [0.717, 1.165) is 47.0 Å². The number of carbonyl (C=O) groups excluding carboxylic acids is 1. The molecule has 0 unspecified atom stereocenters. The lowest BCUT2D eigenvalue weighted by Gasteiger charge is -2.20. The fraction of sp³-hybridized carbons (Fsp3) is 0.318. The van der Waals surface area contributed by atoms with E-state index in [0.29, 0.717) is 12.3 Å². The fourth-order valence-corrected chi connectivity index (χ4v) is 3.21. The highest BCUT2D eigenvalue weighted by atomic mass is 16.5. The minimum Gasteiger partial charge on any atom is -0.469 e. The highest BCUT2D eigenvalue weighted by Gasteiger charge is 2.10. The quantitative estimate of drug-likeness (QED) is 0.203. The third kappa shape index (κ3) is 4.57. The lowest BCUT2D eigenvalue weighted by atomic mass is 10.1. The van der Waals surface area contributed by atoms with E-state index in [2.05, 4.69) is 22.2 Å². The molecule has 0 bridgehead atoms. The van der Waals surface area contributed by atoms with Crippen LogP contribution in [0.3, 0.4) is 0 Å². The summed E-state index contributed by atoms with van der Waals surface area (Å²) in [7, 11) is 3.25. The molecule has 146 valence electrons. The van der Waals surface area contributed by atoms with Crippen molar-refractivity contribution < 1.29 is 9.53 Å². The van der Waals surface area contributed by atoms with E-state index in [1.54, 1.807) is 0 Å². The molecule has 0 radical (unpaired) electrons. The molecular weight excluding hydrogens is 352 g/mol. The third-order valence-corrected chi connectivity index (χ3v) is 4.81. The summed E-state index contributed by atoms with van der Waals surface area (Å²) in [5.41, 5.74) is 3.06. The first-order valence-electron chi connectivity index (χ1n) is 9.47. The number of fused-ring (bicyclic) bond motifs is 2. The number of nitrogens with one attached hydrogen (secondary N) is 2. The molecule has 0 aliphatic heterocycles. The Balaban J connectivity index is 1.62. The van der Waals surface area contributed by atoms with Crippen LogP contribution in [-0.4, -0.2) is 48.9 Å². The van der Waals surface area contributed by atoms with Gasteiger partial charge in [-0.15, -0.1) is 0 Å². The number of anilines is 1. The molecular formula is C22H26N4O2. The van der Waals surface area contributed by atoms with Crippen LogP contribution in [0.5, 0.6) is 0 Å². The molecule has 0 aliphatic rings. The van der Waals surface area contributed by atoms with E-state index in [-0.39, 0.29) is 12.4 Å². The maximum atomic E-state index is 11.2. The van der Waals surface area contributed by atoms with Crippen molar-refractivity contribution in [1.29, 1.82) is 5.41 Å². The second kappa shape index (κ2) is 9.17. The number of esters is 1. The molecule has 0 atom stereocenters. The van der Waals surface area contributed by atoms with Crippen molar-refractivity contribution in [3.05, 3.63) is 48.5 Å². The van der Waals surface area contributed by atoms with Crippen LogP contribution >= 0.6 is 0 Å². The number of pyridine rings is 1. The van der Waals surface area contributed by atoms with E-state index in [1.807, 2.05) is 48.3 Å². The second-order valence-electron chi connectivity index (χ2n) is 6.75. The largest absolute Gasteiger partial charge is 0.469 e. The summed E-state index contributed by atoms with van der Waals surface area (Å²) < 4.78 is 4.63. The third-order valence-electron chi connectivity index (χ3n) is 4.81. The first-order valence-corrected chi connectivity index (χ1v) is 9.47. The molecule has 1 heterocycles. The van der Waals surface area contributed by atoms with Crippen molar-refractivity contribution >= 4 is 39.3 Å². The number of benzene rings is 2. The number of ether oxygens (including phenoxy) is 1. The zero-order valence-electron chi connectivity index (χ0n) is 16.4. The number of rotatable bonds is 8. The smallest absolute Gasteiger partial charge is 0.305 e. The van der Waals surface area contributed by atoms with E-state index >= 15 is 0 Å². The topological polar surface area (TPSA) is 78.3 Å². The predicted octanol–water partition coefficient (Wildman–Crippen LogP) is 4.05. The fourth-order valence-electron chi connectivity index (χ4n) is 3.21. The summed E-state index contributed by atoms with van der Waals surface area (Å²) in [6.45, 7) is 1.53. The van der Waals surface area contributed by atoms with E-state index in [4.69, 9.17) is 10.4 Å². The Kier molecular flexibility index (Phi) is 6.42. The SMILES string of the molecule is COC(=O)CCC(=N)N(C)CCCNc1c2ccccc2nc2ccccc12. The molecule has 0 saturated carbocycles. The van der Waals surface area contributed by atoms with Gasteiger partial charge in [-0.2, -0.15) is 0 Å². The highest BCUT2D eigenvalue weighted by Crippen LogP contribution is 2.30. The van der Waals surface area contributed by atoms with Gasteiger partial charge in [-0.3, -0.25) is 10.2 Å². The van der Waals surface area contributed by atoms with Crippen LogP contribution in [-0.2, 0) is 9.53 Å². The van der Waals surface area contributed by atoms with E-state index in [9.17, 15) is 4.79 Å². The van der Waals surface area contributed by atoms with Crippen LogP contribution in [0.4, 0.5) is 5.69 Å². The maximum Gasteiger partial charge on any atom is 0.305 e. The first-order chi connectivity index (χ1) is 13.6. The Morgan fingerprint density at radius 2 is 1.68 bits per heavy atom. The zero-order chi connectivity index (χ0) is 19.9. The van der Waals surface area contributed by atoms with Gasteiger partial charge in [0, 0.05) is 37.3 Å². The van der Waals surface area contributed by atoms with Gasteiger partial charge in [0.25, 0.3) is 0 Å². The predicted molar refractivity (Wildman–Crippen MR) is 114 cm³/mol. The second-order valence-corrected chi connectivity index (χ2v) is 6.75. The van der Waals surface area contributed by atoms with Crippen LogP contribution in [0.1, 0.15) is 19.3 Å². The summed E-state index contributed by atoms with van der Waals surface area (Å²) in [4.78, 5) is 17.8. The van der Waals surface area contributed by atoms with Gasteiger partial charge in [-0.1, -0.05) is 36.4 Å². The number of methoxy groups -OCH3 is 1. The number of nitrogens with zero attached hydrogens (tertiary/aromatic N) is 2. The summed E-state index contributed by atoms with van der Waals surface area (Å²) in [6.07, 6.45) is 1.52. The van der Waals surface area contributed by atoms with Gasteiger partial charge >= 0.3 is 5.97 Å². The van der Waals surface area contributed by atoms with Gasteiger partial charge in [0.15, 0.2) is 0 Å². The minimum absolute atomic E-state index is 0.243. The van der Waals surface area contributed by atoms with Gasteiger partial charge in [0.1, 0.15) is 0 Å². The molecule has 28 heavy (non-hydrogen) atoms. The van der Waals surface area contributed by atoms with Gasteiger partial charge in [-0.25, -0.2) is 4.98 Å². The molecule has 0 saturated heterocycles. The molecule has 6 heteroatoms. The molecule has 6 nitrogen and oxygen atoms in total. The Labute approximate surface area is 165 Å². The lowest BCUT2D eigenvalue weighted by Crippen LogP contribution is -2.28. The van der Waals surface area contributed by atoms with Gasteiger partial charge in [0.05, 0.1) is 36.1 Å². The van der Waals surface area contributed by atoms with Crippen LogP contribution < -0.4 is 5.32 Å². The summed E-state index contributed by atoms with van der Waals surface area (Å²) in [5.74, 6) is 0.168. The monoisotopic (exact) mass is 378 g/mol. The number of hydrogen-bond acceptors (Lipinski definition) is 5. The molecule has 0 fully saturated rings. The number of amidine groups is 1. The Morgan fingerprint density at radius 3 is 2.29 bits per heavy atom. The van der Waals surface area contributed by atoms with Crippen molar-refractivity contribution in [1.82, 2.24) is 9.88 Å². The first kappa shape index (κ1) is 19.6. The van der Waals surface area contributed by atoms with Gasteiger partial charge in [-0.05, 0) is 18.6 Å². The standard InChI is InChI=1S/C22H26N4O2/c1-26(20(23)12-13-21(27)28-2)15-7-14-24-22-16-8-3-5-10-18(16)25-19-11-6-4-9-17(19)22/h3-6,8-11,23H,7,12-15H2,1-2H3,(H,24,25). The molecule has 2 aromatic carbocycles. The minimum atomic E-state index is -0.281. The molecule has 3 rings (SSSR count). The van der Waals surface area contributed by atoms with Gasteiger partial charge < -0.3 is 15.0 Å². The molecule has 1 aromatic heterocycles. The van der Waals surface area contributed by atoms with Crippen LogP contribution in [0.2, 0.25) is 0 Å². The maximum absolute atomic E-state index is 11.2. The van der Waals surface area contributed by atoms with Crippen molar-refractivity contribution in [2.75, 3.05) is 32.6 Å². The molecule has 2 N–H and O–H groups in total. The van der Waals surface area contributed by atoms with Crippen LogP contribution in [0.15, 0.2) is 48.5 Å². The number of hydrogen-bond donors (Lipinski definition) is 2. The van der Waals surface area contributed by atoms with Crippen LogP contribution in [0.25, 0.3) is 21.8 Å². The normalized spacial score (nSPS) is 10.8. The number of aromatic nitrogens is 1. The molecule has 0 spiro atoms. The summed E-state index contributed by atoms with van der Waals surface area (Å²) in [5, 5.41) is 13.9. The average molecular weight is 378 g/mol. The Morgan fingerprint density at radius 1 is 1.07 bits per heavy atom. The zero-order valence-corrected chi connectivity index (χ0v) is 16.4. The lowest BCUT2D eigenvalue weighted by molar-refractivity contribution is -0.140. The average Bonchev–Trinajstić information content (AvgIpc) is 2.73. The molecule has 0 aliphatic carbocycles. The van der Waals surface area contributed by atoms with Crippen LogP contribution in [0, 0.1) is 5.41 Å². The van der Waals surface area contributed by atoms with Crippen molar-refractivity contribution in [2.24, 2.45) is 0 Å². The Bertz CT molecular complexity index is 933. The summed E-state index contributed by atoms with van der Waals surface area (Å²) in [6, 6.07) is 16.3. The number of para-hydroxylation sites is 2. The van der Waals surface area contributed by atoms with E-state index in [1.165, 1.54) is 7.11 Å². The van der Waals surface area contributed by atoms with Crippen molar-refractivity contribution in [3.8, 4) is 0 Å². The Hall–Kier alpha value is -3.15. The van der Waals surface area contributed by atoms with Gasteiger partial charge in [0.2, 0.25) is 0 Å². The van der Waals surface area contributed by atoms with Crippen molar-refractivity contribution in [2.45, 2.75) is 19.3 Å².